The first-order chi connectivity index (χ1) is 10.2. The van der Waals surface area contributed by atoms with Gasteiger partial charge in [-0.25, -0.2) is 10.1 Å². The Labute approximate surface area is 119 Å². The van der Waals surface area contributed by atoms with Gasteiger partial charge in [-0.15, -0.1) is 0 Å². The topological polar surface area (TPSA) is 101 Å². The zero-order valence-corrected chi connectivity index (χ0v) is 11.5. The highest BCUT2D eigenvalue weighted by molar-refractivity contribution is 5.92. The third-order valence-electron chi connectivity index (χ3n) is 3.23. The number of ether oxygens (including phenoxy) is 1. The molecule has 1 N–H and O–H groups in total. The highest BCUT2D eigenvalue weighted by Gasteiger charge is 2.26. The summed E-state index contributed by atoms with van der Waals surface area (Å²) in [6.45, 7) is 1.19. The number of H-pyrrole nitrogens is 1. The van der Waals surface area contributed by atoms with Crippen molar-refractivity contribution in [1.82, 2.24) is 20.1 Å². The number of hydrogen-bond acceptors (Lipinski definition) is 6. The number of rotatable bonds is 3. The van der Waals surface area contributed by atoms with E-state index in [4.69, 9.17) is 9.15 Å². The van der Waals surface area contributed by atoms with Crippen LogP contribution in [0.4, 0.5) is 0 Å². The Morgan fingerprint density at radius 2 is 2.38 bits per heavy atom. The lowest BCUT2D eigenvalue weighted by atomic mass is 10.1. The Bertz CT molecular complexity index is 701. The van der Waals surface area contributed by atoms with Crippen LogP contribution in [0.2, 0.25) is 0 Å². The first-order valence-corrected chi connectivity index (χ1v) is 6.49. The van der Waals surface area contributed by atoms with E-state index in [1.165, 1.54) is 12.1 Å². The number of carbonyl (C=O) groups is 1. The maximum atomic E-state index is 12.3. The molecule has 0 bridgehead atoms. The van der Waals surface area contributed by atoms with Gasteiger partial charge in [-0.1, -0.05) is 0 Å². The van der Waals surface area contributed by atoms with Crippen LogP contribution >= 0.6 is 0 Å². The molecule has 0 spiro atoms. The van der Waals surface area contributed by atoms with Gasteiger partial charge in [0.15, 0.2) is 0 Å². The molecule has 0 radical (unpaired) electrons. The molecule has 1 aliphatic rings. The van der Waals surface area contributed by atoms with Gasteiger partial charge in [0.2, 0.25) is 5.89 Å². The second kappa shape index (κ2) is 5.49. The number of carbonyl (C=O) groups excluding carboxylic acids is 1. The molecular formula is C13H14N4O4. The van der Waals surface area contributed by atoms with Crippen LogP contribution in [0.3, 0.4) is 0 Å². The minimum atomic E-state index is -0.340. The zero-order valence-electron chi connectivity index (χ0n) is 11.5. The largest absolute Gasteiger partial charge is 0.443 e. The van der Waals surface area contributed by atoms with Crippen LogP contribution in [0.15, 0.2) is 21.3 Å². The molecule has 0 fully saturated rings. The van der Waals surface area contributed by atoms with E-state index < -0.39 is 0 Å². The van der Waals surface area contributed by atoms with Crippen LogP contribution in [0.5, 0.6) is 0 Å². The van der Waals surface area contributed by atoms with Crippen molar-refractivity contribution < 1.29 is 13.9 Å². The maximum Gasteiger partial charge on any atom is 0.274 e. The van der Waals surface area contributed by atoms with Crippen molar-refractivity contribution in [2.24, 2.45) is 0 Å². The summed E-state index contributed by atoms with van der Waals surface area (Å²) < 4.78 is 10.5. The van der Waals surface area contributed by atoms with Crippen molar-refractivity contribution in [2.75, 3.05) is 13.7 Å². The highest BCUT2D eigenvalue weighted by Crippen LogP contribution is 2.21. The summed E-state index contributed by atoms with van der Waals surface area (Å²) in [7, 11) is 1.57. The minimum absolute atomic E-state index is 0.207. The normalized spacial score (nSPS) is 14.0. The molecule has 0 unspecified atom stereocenters. The third-order valence-corrected chi connectivity index (χ3v) is 3.23. The summed E-state index contributed by atoms with van der Waals surface area (Å²) in [6.07, 6.45) is 0.598. The number of hydrogen-bond donors (Lipinski definition) is 1. The molecule has 0 aliphatic carbocycles. The lowest BCUT2D eigenvalue weighted by Crippen LogP contribution is -2.36. The Kier molecular flexibility index (Phi) is 3.53. The molecule has 3 rings (SSSR count). The summed E-state index contributed by atoms with van der Waals surface area (Å²) in [4.78, 5) is 29.2. The van der Waals surface area contributed by atoms with E-state index in [9.17, 15) is 9.59 Å². The fraction of sp³-hybridized carbons (Fsp3) is 0.385. The number of fused-ring (bicyclic) bond motifs is 1. The molecule has 21 heavy (non-hydrogen) atoms. The average Bonchev–Trinajstić information content (AvgIpc) is 2.89. The number of aromatic nitrogens is 3. The number of aromatic amines is 1. The summed E-state index contributed by atoms with van der Waals surface area (Å²) in [5.74, 6) is 1.06. The monoisotopic (exact) mass is 290 g/mol. The van der Waals surface area contributed by atoms with Crippen LogP contribution < -0.4 is 5.56 Å². The van der Waals surface area contributed by atoms with Crippen molar-refractivity contribution in [3.8, 4) is 0 Å². The second-order valence-electron chi connectivity index (χ2n) is 4.69. The van der Waals surface area contributed by atoms with Gasteiger partial charge < -0.3 is 14.1 Å². The number of methoxy groups -OCH3 is 1. The van der Waals surface area contributed by atoms with Gasteiger partial charge in [0.05, 0.1) is 6.54 Å². The molecule has 3 heterocycles. The smallest absolute Gasteiger partial charge is 0.274 e. The van der Waals surface area contributed by atoms with E-state index in [1.807, 2.05) is 0 Å². The minimum Gasteiger partial charge on any atom is -0.443 e. The molecule has 8 heteroatoms. The molecule has 110 valence electrons. The van der Waals surface area contributed by atoms with Crippen molar-refractivity contribution in [1.29, 1.82) is 0 Å². The quantitative estimate of drug-likeness (QED) is 0.860. The number of amides is 1. The lowest BCUT2D eigenvalue weighted by molar-refractivity contribution is 0.0720. The number of oxazole rings is 1. The molecular weight excluding hydrogens is 276 g/mol. The molecule has 0 saturated carbocycles. The van der Waals surface area contributed by atoms with E-state index in [-0.39, 0.29) is 17.2 Å². The molecule has 0 saturated heterocycles. The van der Waals surface area contributed by atoms with Crippen molar-refractivity contribution in [3.63, 3.8) is 0 Å². The van der Waals surface area contributed by atoms with Gasteiger partial charge in [-0.05, 0) is 6.07 Å². The SMILES string of the molecule is COCc1nc2c(o1)CCN(C(=O)c1ccc(=O)[nH]n1)C2. The third kappa shape index (κ3) is 2.70. The van der Waals surface area contributed by atoms with E-state index in [1.54, 1.807) is 12.0 Å². The standard InChI is InChI=1S/C13H14N4O4/c1-20-7-12-14-9-6-17(5-4-10(9)21-12)13(19)8-2-3-11(18)16-15-8/h2-3H,4-7H2,1H3,(H,16,18). The molecule has 2 aromatic heterocycles. The van der Waals surface area contributed by atoms with Crippen LogP contribution in [-0.4, -0.2) is 39.6 Å². The zero-order chi connectivity index (χ0) is 14.8. The maximum absolute atomic E-state index is 12.3. The van der Waals surface area contributed by atoms with Crippen molar-refractivity contribution >= 4 is 5.91 Å². The van der Waals surface area contributed by atoms with E-state index in [2.05, 4.69) is 15.2 Å². The summed E-state index contributed by atoms with van der Waals surface area (Å²) in [6, 6.07) is 2.69. The lowest BCUT2D eigenvalue weighted by Gasteiger charge is -2.24. The fourth-order valence-corrected chi connectivity index (χ4v) is 2.24. The first kappa shape index (κ1) is 13.5. The van der Waals surface area contributed by atoms with Gasteiger partial charge in [-0.2, -0.15) is 5.10 Å². The molecule has 1 aliphatic heterocycles. The predicted octanol–water partition coefficient (Wildman–Crippen LogP) is 0.103. The summed E-state index contributed by atoms with van der Waals surface area (Å²) in [5.41, 5.74) is 0.609. The molecule has 0 atom stereocenters. The van der Waals surface area contributed by atoms with Gasteiger partial charge in [0, 0.05) is 26.1 Å². The number of nitrogens with one attached hydrogen (secondary N) is 1. The first-order valence-electron chi connectivity index (χ1n) is 6.49. The van der Waals surface area contributed by atoms with Gasteiger partial charge in [0.1, 0.15) is 23.8 Å². The Morgan fingerprint density at radius 3 is 3.10 bits per heavy atom. The Balaban J connectivity index is 1.77. The molecule has 8 nitrogen and oxygen atoms in total. The van der Waals surface area contributed by atoms with Crippen molar-refractivity contribution in [3.05, 3.63) is 45.5 Å². The fourth-order valence-electron chi connectivity index (χ4n) is 2.24. The Hall–Kier alpha value is -2.48. The van der Waals surface area contributed by atoms with E-state index in [0.29, 0.717) is 32.0 Å². The second-order valence-corrected chi connectivity index (χ2v) is 4.69. The van der Waals surface area contributed by atoms with Crippen LogP contribution in [0.1, 0.15) is 27.8 Å². The van der Waals surface area contributed by atoms with E-state index in [0.717, 1.165) is 11.5 Å². The average molecular weight is 290 g/mol. The highest BCUT2D eigenvalue weighted by atomic mass is 16.5. The number of nitrogens with zero attached hydrogens (tertiary/aromatic N) is 3. The summed E-state index contributed by atoms with van der Waals surface area (Å²) >= 11 is 0. The van der Waals surface area contributed by atoms with Crippen LogP contribution in [0.25, 0.3) is 0 Å². The van der Waals surface area contributed by atoms with Crippen molar-refractivity contribution in [2.45, 2.75) is 19.6 Å². The van der Waals surface area contributed by atoms with E-state index >= 15 is 0 Å². The van der Waals surface area contributed by atoms with Gasteiger partial charge >= 0.3 is 0 Å². The molecule has 2 aromatic rings. The van der Waals surface area contributed by atoms with Crippen LogP contribution in [0, 0.1) is 0 Å². The Morgan fingerprint density at radius 1 is 1.52 bits per heavy atom. The summed E-state index contributed by atoms with van der Waals surface area (Å²) in [5, 5.41) is 6.01. The molecule has 1 amide bonds. The molecule has 0 aromatic carbocycles. The van der Waals surface area contributed by atoms with Crippen LogP contribution in [-0.2, 0) is 24.3 Å². The predicted molar refractivity (Wildman–Crippen MR) is 70.5 cm³/mol. The van der Waals surface area contributed by atoms with Gasteiger partial charge in [0.25, 0.3) is 11.5 Å². The van der Waals surface area contributed by atoms with Gasteiger partial charge in [-0.3, -0.25) is 9.59 Å².